The summed E-state index contributed by atoms with van der Waals surface area (Å²) < 4.78 is 0. The highest BCUT2D eigenvalue weighted by molar-refractivity contribution is 5.83. The first kappa shape index (κ1) is 17.9. The van der Waals surface area contributed by atoms with E-state index in [2.05, 4.69) is 11.1 Å². The summed E-state index contributed by atoms with van der Waals surface area (Å²) in [6.07, 6.45) is 6.89. The number of nitrogens with two attached hydrogens (primary N) is 1. The van der Waals surface area contributed by atoms with Gasteiger partial charge in [-0.2, -0.15) is 0 Å². The fourth-order valence-corrected chi connectivity index (χ4v) is 3.76. The van der Waals surface area contributed by atoms with Crippen LogP contribution in [0.5, 0.6) is 0 Å². The maximum Gasteiger partial charge on any atom is 0.225 e. The van der Waals surface area contributed by atoms with Crippen molar-refractivity contribution in [2.75, 3.05) is 13.1 Å². The van der Waals surface area contributed by atoms with Gasteiger partial charge in [0.25, 0.3) is 0 Å². The molecular formula is C23H23N5O. The number of fused-ring (bicyclic) bond motifs is 1. The van der Waals surface area contributed by atoms with E-state index in [9.17, 15) is 4.79 Å². The Kier molecular flexibility index (Phi) is 4.56. The maximum absolute atomic E-state index is 12.3. The number of hydrogen-bond donors (Lipinski definition) is 1. The smallest absolute Gasteiger partial charge is 0.225 e. The SMILES string of the molecule is NCc1cc2nc(-c3cccc(C4=CCN(C(=O)C5CC5)CC4)n3)ccc2cn1. The van der Waals surface area contributed by atoms with Crippen LogP contribution in [0.4, 0.5) is 0 Å². The third kappa shape index (κ3) is 3.63. The van der Waals surface area contributed by atoms with E-state index >= 15 is 0 Å². The van der Waals surface area contributed by atoms with Crippen LogP contribution in [0.1, 0.15) is 30.7 Å². The molecule has 0 saturated heterocycles. The Morgan fingerprint density at radius 3 is 2.69 bits per heavy atom. The van der Waals surface area contributed by atoms with Gasteiger partial charge in [-0.05, 0) is 55.2 Å². The van der Waals surface area contributed by atoms with Gasteiger partial charge in [0.2, 0.25) is 5.91 Å². The minimum atomic E-state index is 0.278. The third-order valence-electron chi connectivity index (χ3n) is 5.63. The van der Waals surface area contributed by atoms with Crippen LogP contribution in [0.2, 0.25) is 0 Å². The van der Waals surface area contributed by atoms with E-state index in [1.165, 1.54) is 5.57 Å². The summed E-state index contributed by atoms with van der Waals surface area (Å²) in [4.78, 5) is 28.2. The Balaban J connectivity index is 1.41. The molecule has 1 aliphatic carbocycles. The number of carbonyl (C=O) groups excluding carboxylic acids is 1. The molecule has 5 rings (SSSR count). The van der Waals surface area contributed by atoms with Crippen molar-refractivity contribution in [3.63, 3.8) is 0 Å². The van der Waals surface area contributed by atoms with Gasteiger partial charge in [0, 0.05) is 37.1 Å². The van der Waals surface area contributed by atoms with E-state index in [0.29, 0.717) is 19.0 Å². The summed E-state index contributed by atoms with van der Waals surface area (Å²) in [5, 5.41) is 0.984. The molecule has 2 N–H and O–H groups in total. The standard InChI is InChI=1S/C23H23N5O/c24-13-18-12-22-17(14-25-18)6-7-21(27-22)20-3-1-2-19(26-20)15-8-10-28(11-9-15)23(29)16-4-5-16/h1-3,6-8,12,14,16H,4-5,9-11,13,24H2. The summed E-state index contributed by atoms with van der Waals surface area (Å²) in [7, 11) is 0. The van der Waals surface area contributed by atoms with E-state index in [1.807, 2.05) is 41.3 Å². The van der Waals surface area contributed by atoms with Gasteiger partial charge >= 0.3 is 0 Å². The normalized spacial score (nSPS) is 16.7. The summed E-state index contributed by atoms with van der Waals surface area (Å²) in [6.45, 7) is 1.85. The highest BCUT2D eigenvalue weighted by atomic mass is 16.2. The molecule has 0 aromatic carbocycles. The lowest BCUT2D eigenvalue weighted by Gasteiger charge is -2.26. The van der Waals surface area contributed by atoms with Crippen LogP contribution in [-0.2, 0) is 11.3 Å². The highest BCUT2D eigenvalue weighted by Crippen LogP contribution is 2.32. The molecule has 1 saturated carbocycles. The molecule has 0 bridgehead atoms. The molecule has 146 valence electrons. The Morgan fingerprint density at radius 2 is 1.93 bits per heavy atom. The predicted octanol–water partition coefficient (Wildman–Crippen LogP) is 3.18. The number of carbonyl (C=O) groups is 1. The quantitative estimate of drug-likeness (QED) is 0.746. The Hall–Kier alpha value is -3.12. The molecule has 0 spiro atoms. The van der Waals surface area contributed by atoms with E-state index in [1.54, 1.807) is 6.20 Å². The fraction of sp³-hybridized carbons (Fsp3) is 0.304. The summed E-state index contributed by atoms with van der Waals surface area (Å²) >= 11 is 0. The lowest BCUT2D eigenvalue weighted by Crippen LogP contribution is -2.35. The molecule has 1 amide bonds. The van der Waals surface area contributed by atoms with Crippen molar-refractivity contribution in [2.45, 2.75) is 25.8 Å². The number of rotatable bonds is 4. The molecule has 6 nitrogen and oxygen atoms in total. The second-order valence-electron chi connectivity index (χ2n) is 7.71. The van der Waals surface area contributed by atoms with Gasteiger partial charge in [0.15, 0.2) is 0 Å². The molecule has 0 unspecified atom stereocenters. The van der Waals surface area contributed by atoms with Crippen LogP contribution in [0.25, 0.3) is 27.9 Å². The lowest BCUT2D eigenvalue weighted by atomic mass is 10.0. The minimum Gasteiger partial charge on any atom is -0.338 e. The molecule has 0 radical (unpaired) electrons. The van der Waals surface area contributed by atoms with Gasteiger partial charge in [0.1, 0.15) is 0 Å². The van der Waals surface area contributed by atoms with Crippen molar-refractivity contribution in [1.29, 1.82) is 0 Å². The van der Waals surface area contributed by atoms with Gasteiger partial charge in [-0.3, -0.25) is 9.78 Å². The fourth-order valence-electron chi connectivity index (χ4n) is 3.76. The van der Waals surface area contributed by atoms with Gasteiger partial charge in [-0.15, -0.1) is 0 Å². The first-order valence-electron chi connectivity index (χ1n) is 10.1. The van der Waals surface area contributed by atoms with Crippen molar-refractivity contribution in [3.8, 4) is 11.4 Å². The van der Waals surface area contributed by atoms with Gasteiger partial charge in [-0.1, -0.05) is 12.1 Å². The van der Waals surface area contributed by atoms with Crippen molar-refractivity contribution >= 4 is 22.4 Å². The molecule has 3 aromatic heterocycles. The van der Waals surface area contributed by atoms with Crippen LogP contribution in [0, 0.1) is 5.92 Å². The zero-order valence-corrected chi connectivity index (χ0v) is 16.2. The second-order valence-corrected chi connectivity index (χ2v) is 7.71. The molecule has 29 heavy (non-hydrogen) atoms. The van der Waals surface area contributed by atoms with E-state index in [0.717, 1.165) is 59.5 Å². The number of hydrogen-bond acceptors (Lipinski definition) is 5. The average molecular weight is 385 g/mol. The summed E-state index contributed by atoms with van der Waals surface area (Å²) in [5.74, 6) is 0.592. The number of nitrogens with zero attached hydrogens (tertiary/aromatic N) is 4. The van der Waals surface area contributed by atoms with Gasteiger partial charge < -0.3 is 10.6 Å². The monoisotopic (exact) mass is 385 g/mol. The molecule has 2 aliphatic rings. The van der Waals surface area contributed by atoms with Crippen molar-refractivity contribution in [2.24, 2.45) is 11.7 Å². The highest BCUT2D eigenvalue weighted by Gasteiger charge is 2.33. The molecular weight excluding hydrogens is 362 g/mol. The van der Waals surface area contributed by atoms with Crippen LogP contribution in [0.15, 0.2) is 48.7 Å². The van der Waals surface area contributed by atoms with Gasteiger partial charge in [-0.25, -0.2) is 9.97 Å². The lowest BCUT2D eigenvalue weighted by molar-refractivity contribution is -0.132. The molecule has 3 aromatic rings. The molecule has 0 atom stereocenters. The largest absolute Gasteiger partial charge is 0.338 e. The number of amides is 1. The van der Waals surface area contributed by atoms with E-state index in [-0.39, 0.29) is 5.92 Å². The van der Waals surface area contributed by atoms with E-state index in [4.69, 9.17) is 15.7 Å². The molecule has 1 fully saturated rings. The Morgan fingerprint density at radius 1 is 1.10 bits per heavy atom. The third-order valence-corrected chi connectivity index (χ3v) is 5.63. The van der Waals surface area contributed by atoms with Crippen LogP contribution in [-0.4, -0.2) is 38.8 Å². The topological polar surface area (TPSA) is 85.0 Å². The maximum atomic E-state index is 12.3. The summed E-state index contributed by atoms with van der Waals surface area (Å²) in [5.41, 5.74) is 11.2. The Bertz CT molecular complexity index is 1120. The Labute approximate surface area is 169 Å². The molecule has 4 heterocycles. The zero-order chi connectivity index (χ0) is 19.8. The van der Waals surface area contributed by atoms with Gasteiger partial charge in [0.05, 0.1) is 28.3 Å². The number of aromatic nitrogens is 3. The number of pyridine rings is 3. The minimum absolute atomic E-state index is 0.278. The zero-order valence-electron chi connectivity index (χ0n) is 16.2. The molecule has 6 heteroatoms. The first-order valence-corrected chi connectivity index (χ1v) is 10.1. The van der Waals surface area contributed by atoms with Crippen molar-refractivity contribution in [3.05, 3.63) is 60.1 Å². The molecule has 1 aliphatic heterocycles. The van der Waals surface area contributed by atoms with Crippen LogP contribution >= 0.6 is 0 Å². The van der Waals surface area contributed by atoms with Crippen LogP contribution in [0.3, 0.4) is 0 Å². The van der Waals surface area contributed by atoms with Crippen molar-refractivity contribution in [1.82, 2.24) is 19.9 Å². The van der Waals surface area contributed by atoms with E-state index < -0.39 is 0 Å². The first-order chi connectivity index (χ1) is 14.2. The average Bonchev–Trinajstić information content (AvgIpc) is 3.63. The van der Waals surface area contributed by atoms with Crippen molar-refractivity contribution < 1.29 is 4.79 Å². The summed E-state index contributed by atoms with van der Waals surface area (Å²) in [6, 6.07) is 12.0. The predicted molar refractivity (Wildman–Crippen MR) is 113 cm³/mol. The second kappa shape index (κ2) is 7.37. The van der Waals surface area contributed by atoms with Crippen LogP contribution < -0.4 is 5.73 Å².